The molecule has 0 bridgehead atoms. The average Bonchev–Trinajstić information content (AvgIpc) is 2.81. The Kier molecular flexibility index (Phi) is 3.52. The molecular weight excluding hydrogens is 248 g/mol. The van der Waals surface area contributed by atoms with Crippen LogP contribution in [0.2, 0.25) is 0 Å². The van der Waals surface area contributed by atoms with Gasteiger partial charge in [0.25, 0.3) is 0 Å². The number of amides is 1. The lowest BCUT2D eigenvalue weighted by Gasteiger charge is -2.20. The lowest BCUT2D eigenvalue weighted by Crippen LogP contribution is -2.34. The smallest absolute Gasteiger partial charge is 0.243 e. The summed E-state index contributed by atoms with van der Waals surface area (Å²) in [4.78, 5) is 13.9. The highest BCUT2D eigenvalue weighted by atomic mass is 16.2. The molecule has 0 aromatic heterocycles. The minimum Gasteiger partial charge on any atom is -0.320 e. The monoisotopic (exact) mass is 266 g/mol. The largest absolute Gasteiger partial charge is 0.320 e. The second-order valence-electron chi connectivity index (χ2n) is 5.18. The van der Waals surface area contributed by atoms with Crippen LogP contribution in [0.25, 0.3) is 0 Å². The van der Waals surface area contributed by atoms with Crippen molar-refractivity contribution in [3.63, 3.8) is 0 Å². The Morgan fingerprint density at radius 2 is 1.75 bits per heavy atom. The zero-order chi connectivity index (χ0) is 13.9. The Morgan fingerprint density at radius 3 is 2.45 bits per heavy atom. The molecule has 1 aliphatic heterocycles. The number of carbonyl (C=O) groups excluding carboxylic acids is 1. The normalized spacial score (nSPS) is 18.6. The highest BCUT2D eigenvalue weighted by molar-refractivity contribution is 5.99. The Morgan fingerprint density at radius 1 is 1.05 bits per heavy atom. The summed E-state index contributed by atoms with van der Waals surface area (Å²) in [5.74, 6) is 0.0329. The Bertz CT molecular complexity index is 609. The number of benzene rings is 2. The number of anilines is 1. The maximum Gasteiger partial charge on any atom is 0.243 e. The van der Waals surface area contributed by atoms with Gasteiger partial charge >= 0.3 is 0 Å². The second-order valence-corrected chi connectivity index (χ2v) is 5.18. The Hall–Kier alpha value is -2.13. The molecule has 20 heavy (non-hydrogen) atoms. The first-order valence-electron chi connectivity index (χ1n) is 6.94. The van der Waals surface area contributed by atoms with Crippen molar-refractivity contribution in [2.45, 2.75) is 18.9 Å². The predicted octanol–water partition coefficient (Wildman–Crippen LogP) is 2.34. The van der Waals surface area contributed by atoms with Gasteiger partial charge in [-0.15, -0.1) is 0 Å². The third-order valence-electron chi connectivity index (χ3n) is 3.77. The van der Waals surface area contributed by atoms with Crippen LogP contribution in [0, 0.1) is 0 Å². The molecule has 1 heterocycles. The molecule has 1 saturated heterocycles. The molecule has 3 nitrogen and oxygen atoms in total. The number of para-hydroxylation sites is 1. The van der Waals surface area contributed by atoms with Crippen LogP contribution in [0.1, 0.15) is 17.5 Å². The first-order chi connectivity index (χ1) is 9.75. The zero-order valence-electron chi connectivity index (χ0n) is 11.3. The van der Waals surface area contributed by atoms with Gasteiger partial charge in [-0.05, 0) is 30.0 Å². The molecule has 3 heteroatoms. The number of rotatable bonds is 3. The van der Waals surface area contributed by atoms with Crippen LogP contribution in [0.5, 0.6) is 0 Å². The second kappa shape index (κ2) is 5.47. The van der Waals surface area contributed by atoms with Gasteiger partial charge in [-0.2, -0.15) is 0 Å². The van der Waals surface area contributed by atoms with Gasteiger partial charge in [-0.25, -0.2) is 0 Å². The van der Waals surface area contributed by atoms with Gasteiger partial charge in [0, 0.05) is 12.2 Å². The van der Waals surface area contributed by atoms with Crippen molar-refractivity contribution in [1.29, 1.82) is 0 Å². The molecule has 1 fully saturated rings. The van der Waals surface area contributed by atoms with E-state index in [1.165, 1.54) is 11.1 Å². The molecule has 0 spiro atoms. The van der Waals surface area contributed by atoms with Crippen LogP contribution < -0.4 is 10.6 Å². The number of carbonyl (C=O) groups is 1. The van der Waals surface area contributed by atoms with Crippen molar-refractivity contribution >= 4 is 11.6 Å². The van der Waals surface area contributed by atoms with Gasteiger partial charge < -0.3 is 10.6 Å². The molecular formula is C17H18N2O. The number of hydrogen-bond donors (Lipinski definition) is 1. The average molecular weight is 266 g/mol. The number of nitrogens with zero attached hydrogens (tertiary/aromatic N) is 1. The van der Waals surface area contributed by atoms with Gasteiger partial charge in [0.1, 0.15) is 0 Å². The highest BCUT2D eigenvalue weighted by Crippen LogP contribution is 2.26. The van der Waals surface area contributed by atoms with Crippen molar-refractivity contribution in [3.8, 4) is 0 Å². The van der Waals surface area contributed by atoms with Crippen molar-refractivity contribution in [2.75, 3.05) is 11.4 Å². The van der Waals surface area contributed by atoms with E-state index in [0.29, 0.717) is 6.54 Å². The summed E-state index contributed by atoms with van der Waals surface area (Å²) in [6.45, 7) is 0.714. The van der Waals surface area contributed by atoms with Crippen molar-refractivity contribution in [3.05, 3.63) is 65.7 Å². The molecule has 1 unspecified atom stereocenters. The fourth-order valence-corrected chi connectivity index (χ4v) is 2.68. The van der Waals surface area contributed by atoms with E-state index >= 15 is 0 Å². The van der Waals surface area contributed by atoms with E-state index in [4.69, 9.17) is 5.73 Å². The summed E-state index contributed by atoms with van der Waals surface area (Å²) >= 11 is 0. The van der Waals surface area contributed by atoms with E-state index in [-0.39, 0.29) is 11.9 Å². The standard InChI is InChI=1S/C17H18N2O/c18-15-10-11-19(17(15)20)16-9-5-4-8-14(16)12-13-6-2-1-3-7-13/h1-9,15H,10-12,18H2. The lowest BCUT2D eigenvalue weighted by molar-refractivity contribution is -0.118. The van der Waals surface area contributed by atoms with E-state index in [2.05, 4.69) is 18.2 Å². The van der Waals surface area contributed by atoms with Gasteiger partial charge in [0.2, 0.25) is 5.91 Å². The molecule has 2 aromatic carbocycles. The molecule has 1 amide bonds. The predicted molar refractivity (Wildman–Crippen MR) is 80.6 cm³/mol. The van der Waals surface area contributed by atoms with Crippen LogP contribution in [0.15, 0.2) is 54.6 Å². The lowest BCUT2D eigenvalue weighted by atomic mass is 10.0. The van der Waals surface area contributed by atoms with E-state index in [0.717, 1.165) is 18.5 Å². The molecule has 0 saturated carbocycles. The zero-order valence-corrected chi connectivity index (χ0v) is 11.3. The third-order valence-corrected chi connectivity index (χ3v) is 3.77. The number of hydrogen-bond acceptors (Lipinski definition) is 2. The summed E-state index contributed by atoms with van der Waals surface area (Å²) in [5, 5.41) is 0. The SMILES string of the molecule is NC1CCN(c2ccccc2Cc2ccccc2)C1=O. The fraction of sp³-hybridized carbons (Fsp3) is 0.235. The van der Waals surface area contributed by atoms with E-state index in [9.17, 15) is 4.79 Å². The van der Waals surface area contributed by atoms with Crippen molar-refractivity contribution in [1.82, 2.24) is 0 Å². The summed E-state index contributed by atoms with van der Waals surface area (Å²) in [6.07, 6.45) is 1.56. The van der Waals surface area contributed by atoms with Gasteiger partial charge in [0.15, 0.2) is 0 Å². The summed E-state index contributed by atoms with van der Waals surface area (Å²) in [7, 11) is 0. The van der Waals surface area contributed by atoms with Gasteiger partial charge in [-0.3, -0.25) is 4.79 Å². The molecule has 2 aromatic rings. The molecule has 2 N–H and O–H groups in total. The van der Waals surface area contributed by atoms with Crippen LogP contribution in [-0.2, 0) is 11.2 Å². The molecule has 0 aliphatic carbocycles. The van der Waals surface area contributed by atoms with Gasteiger partial charge in [-0.1, -0.05) is 48.5 Å². The Balaban J connectivity index is 1.91. The van der Waals surface area contributed by atoms with E-state index in [1.807, 2.05) is 41.3 Å². The van der Waals surface area contributed by atoms with Crippen LogP contribution in [-0.4, -0.2) is 18.5 Å². The van der Waals surface area contributed by atoms with E-state index in [1.54, 1.807) is 0 Å². The third kappa shape index (κ3) is 2.45. The Labute approximate surface area is 119 Å². The molecule has 0 radical (unpaired) electrons. The highest BCUT2D eigenvalue weighted by Gasteiger charge is 2.30. The minimum absolute atomic E-state index is 0.0329. The molecule has 1 atom stereocenters. The maximum atomic E-state index is 12.1. The van der Waals surface area contributed by atoms with E-state index < -0.39 is 0 Å². The van der Waals surface area contributed by atoms with Crippen LogP contribution in [0.3, 0.4) is 0 Å². The van der Waals surface area contributed by atoms with Crippen molar-refractivity contribution < 1.29 is 4.79 Å². The van der Waals surface area contributed by atoms with Crippen LogP contribution >= 0.6 is 0 Å². The molecule has 1 aliphatic rings. The van der Waals surface area contributed by atoms with Gasteiger partial charge in [0.05, 0.1) is 6.04 Å². The topological polar surface area (TPSA) is 46.3 Å². The molecule has 3 rings (SSSR count). The first-order valence-corrected chi connectivity index (χ1v) is 6.94. The number of nitrogens with two attached hydrogens (primary N) is 1. The maximum absolute atomic E-state index is 12.1. The fourth-order valence-electron chi connectivity index (χ4n) is 2.68. The van der Waals surface area contributed by atoms with Crippen molar-refractivity contribution in [2.24, 2.45) is 5.73 Å². The first kappa shape index (κ1) is 12.9. The summed E-state index contributed by atoms with van der Waals surface area (Å²) in [5.41, 5.74) is 9.23. The molecule has 102 valence electrons. The quantitative estimate of drug-likeness (QED) is 0.927. The summed E-state index contributed by atoms with van der Waals surface area (Å²) in [6, 6.07) is 18.0. The van der Waals surface area contributed by atoms with Crippen LogP contribution in [0.4, 0.5) is 5.69 Å². The summed E-state index contributed by atoms with van der Waals surface area (Å²) < 4.78 is 0. The minimum atomic E-state index is -0.347.